The predicted octanol–water partition coefficient (Wildman–Crippen LogP) is 2.77. The zero-order valence-electron chi connectivity index (χ0n) is 6.40. The molecule has 1 aromatic heterocycles. The molecule has 0 radical (unpaired) electrons. The SMILES string of the molecule is Cc1cc(Br)c(C)nc1C. The number of nitrogens with zero attached hydrogens (tertiary/aromatic N) is 1. The Morgan fingerprint density at radius 1 is 1.20 bits per heavy atom. The highest BCUT2D eigenvalue weighted by molar-refractivity contribution is 9.10. The summed E-state index contributed by atoms with van der Waals surface area (Å²) in [4.78, 5) is 4.33. The lowest BCUT2D eigenvalue weighted by atomic mass is 10.2. The highest BCUT2D eigenvalue weighted by atomic mass is 79.9. The summed E-state index contributed by atoms with van der Waals surface area (Å²) < 4.78 is 1.09. The van der Waals surface area contributed by atoms with E-state index in [1.165, 1.54) is 5.56 Å². The van der Waals surface area contributed by atoms with Gasteiger partial charge in [0, 0.05) is 10.2 Å². The predicted molar refractivity (Wildman–Crippen MR) is 46.1 cm³/mol. The molecule has 0 bridgehead atoms. The van der Waals surface area contributed by atoms with E-state index < -0.39 is 0 Å². The quantitative estimate of drug-likeness (QED) is 0.627. The van der Waals surface area contributed by atoms with Crippen molar-refractivity contribution < 1.29 is 0 Å². The van der Waals surface area contributed by atoms with Crippen LogP contribution in [0.4, 0.5) is 0 Å². The third kappa shape index (κ3) is 1.37. The van der Waals surface area contributed by atoms with Gasteiger partial charge in [0.05, 0.1) is 5.69 Å². The van der Waals surface area contributed by atoms with E-state index in [0.717, 1.165) is 15.9 Å². The summed E-state index contributed by atoms with van der Waals surface area (Å²) in [6.07, 6.45) is 0. The molecule has 0 saturated carbocycles. The smallest absolute Gasteiger partial charge is 0.0517 e. The van der Waals surface area contributed by atoms with E-state index in [-0.39, 0.29) is 0 Å². The van der Waals surface area contributed by atoms with Crippen molar-refractivity contribution in [1.82, 2.24) is 4.98 Å². The minimum atomic E-state index is 1.06. The van der Waals surface area contributed by atoms with Crippen molar-refractivity contribution >= 4 is 15.9 Å². The second kappa shape index (κ2) is 2.70. The van der Waals surface area contributed by atoms with Crippen LogP contribution in [0.15, 0.2) is 10.5 Å². The second-order valence-electron chi connectivity index (χ2n) is 2.46. The molecule has 0 N–H and O–H groups in total. The Hall–Kier alpha value is -0.370. The van der Waals surface area contributed by atoms with Gasteiger partial charge in [-0.05, 0) is 48.3 Å². The van der Waals surface area contributed by atoms with Crippen molar-refractivity contribution in [3.8, 4) is 0 Å². The van der Waals surface area contributed by atoms with Gasteiger partial charge in [0.2, 0.25) is 0 Å². The van der Waals surface area contributed by atoms with Gasteiger partial charge < -0.3 is 0 Å². The minimum absolute atomic E-state index is 1.06. The molecule has 0 aromatic carbocycles. The lowest BCUT2D eigenvalue weighted by Gasteiger charge is -2.01. The van der Waals surface area contributed by atoms with E-state index in [0.29, 0.717) is 0 Å². The lowest BCUT2D eigenvalue weighted by molar-refractivity contribution is 1.08. The largest absolute Gasteiger partial charge is 0.257 e. The molecule has 0 amide bonds. The van der Waals surface area contributed by atoms with Gasteiger partial charge in [0.25, 0.3) is 0 Å². The molecule has 0 fully saturated rings. The van der Waals surface area contributed by atoms with Crippen LogP contribution in [0.1, 0.15) is 17.0 Å². The Balaban J connectivity index is 3.28. The number of hydrogen-bond donors (Lipinski definition) is 0. The van der Waals surface area contributed by atoms with Crippen LogP contribution in [-0.4, -0.2) is 4.98 Å². The van der Waals surface area contributed by atoms with E-state index in [9.17, 15) is 0 Å². The Morgan fingerprint density at radius 2 is 1.80 bits per heavy atom. The van der Waals surface area contributed by atoms with Crippen LogP contribution in [0, 0.1) is 20.8 Å². The van der Waals surface area contributed by atoms with Crippen LogP contribution in [0.2, 0.25) is 0 Å². The van der Waals surface area contributed by atoms with Crippen LogP contribution in [0.3, 0.4) is 0 Å². The number of pyridine rings is 1. The number of aromatic nitrogens is 1. The molecule has 0 aliphatic heterocycles. The van der Waals surface area contributed by atoms with Crippen LogP contribution in [0.25, 0.3) is 0 Å². The summed E-state index contributed by atoms with van der Waals surface area (Å²) in [5, 5.41) is 0. The topological polar surface area (TPSA) is 12.9 Å². The van der Waals surface area contributed by atoms with Crippen LogP contribution >= 0.6 is 15.9 Å². The maximum Gasteiger partial charge on any atom is 0.0517 e. The van der Waals surface area contributed by atoms with Gasteiger partial charge in [0.1, 0.15) is 0 Å². The van der Waals surface area contributed by atoms with Gasteiger partial charge in [-0.25, -0.2) is 0 Å². The molecule has 0 spiro atoms. The fourth-order valence-corrected chi connectivity index (χ4v) is 1.22. The van der Waals surface area contributed by atoms with Crippen LogP contribution in [0.5, 0.6) is 0 Å². The number of aryl methyl sites for hydroxylation is 3. The van der Waals surface area contributed by atoms with Gasteiger partial charge in [-0.1, -0.05) is 0 Å². The Morgan fingerprint density at radius 3 is 2.30 bits per heavy atom. The number of rotatable bonds is 0. The first kappa shape index (κ1) is 7.73. The van der Waals surface area contributed by atoms with Crippen molar-refractivity contribution in [2.75, 3.05) is 0 Å². The molecular weight excluding hydrogens is 190 g/mol. The molecule has 0 saturated heterocycles. The van der Waals surface area contributed by atoms with Crippen LogP contribution in [-0.2, 0) is 0 Å². The van der Waals surface area contributed by atoms with E-state index in [2.05, 4.69) is 33.9 Å². The van der Waals surface area contributed by atoms with Crippen LogP contribution < -0.4 is 0 Å². The molecule has 0 aliphatic carbocycles. The molecule has 1 heterocycles. The molecular formula is C8H10BrN. The van der Waals surface area contributed by atoms with Crippen molar-refractivity contribution in [2.45, 2.75) is 20.8 Å². The maximum absolute atomic E-state index is 4.33. The molecule has 1 rings (SSSR count). The highest BCUT2D eigenvalue weighted by Gasteiger charge is 1.98. The summed E-state index contributed by atoms with van der Waals surface area (Å²) in [7, 11) is 0. The molecule has 2 heteroatoms. The maximum atomic E-state index is 4.33. The monoisotopic (exact) mass is 199 g/mol. The van der Waals surface area contributed by atoms with E-state index >= 15 is 0 Å². The van der Waals surface area contributed by atoms with Gasteiger partial charge >= 0.3 is 0 Å². The fraction of sp³-hybridized carbons (Fsp3) is 0.375. The zero-order valence-corrected chi connectivity index (χ0v) is 7.99. The molecule has 0 atom stereocenters. The van der Waals surface area contributed by atoms with E-state index in [1.807, 2.05) is 13.8 Å². The second-order valence-corrected chi connectivity index (χ2v) is 3.31. The summed E-state index contributed by atoms with van der Waals surface area (Å²) in [6.45, 7) is 6.08. The first-order valence-corrected chi connectivity index (χ1v) is 4.01. The van der Waals surface area contributed by atoms with Crippen molar-refractivity contribution in [1.29, 1.82) is 0 Å². The standard InChI is InChI=1S/C8H10BrN/c1-5-4-8(9)7(3)10-6(5)2/h4H,1-3H3. The fourth-order valence-electron chi connectivity index (χ4n) is 0.792. The van der Waals surface area contributed by atoms with E-state index in [4.69, 9.17) is 0 Å². The van der Waals surface area contributed by atoms with Gasteiger partial charge in [-0.15, -0.1) is 0 Å². The third-order valence-electron chi connectivity index (χ3n) is 1.59. The van der Waals surface area contributed by atoms with Gasteiger partial charge in [0.15, 0.2) is 0 Å². The summed E-state index contributed by atoms with van der Waals surface area (Å²) in [6, 6.07) is 2.09. The number of hydrogen-bond acceptors (Lipinski definition) is 1. The average Bonchev–Trinajstić information content (AvgIpc) is 1.84. The molecule has 0 aliphatic rings. The van der Waals surface area contributed by atoms with Gasteiger partial charge in [-0.3, -0.25) is 4.98 Å². The van der Waals surface area contributed by atoms with Crippen molar-refractivity contribution in [3.05, 3.63) is 27.5 Å². The first-order valence-electron chi connectivity index (χ1n) is 3.21. The van der Waals surface area contributed by atoms with Crippen molar-refractivity contribution in [2.24, 2.45) is 0 Å². The lowest BCUT2D eigenvalue weighted by Crippen LogP contribution is -1.90. The molecule has 10 heavy (non-hydrogen) atoms. The highest BCUT2D eigenvalue weighted by Crippen LogP contribution is 2.16. The molecule has 0 unspecified atom stereocenters. The summed E-state index contributed by atoms with van der Waals surface area (Å²) >= 11 is 3.42. The Labute approximate surface area is 69.6 Å². The average molecular weight is 200 g/mol. The minimum Gasteiger partial charge on any atom is -0.257 e. The third-order valence-corrected chi connectivity index (χ3v) is 2.40. The van der Waals surface area contributed by atoms with Crippen molar-refractivity contribution in [3.63, 3.8) is 0 Å². The molecule has 54 valence electrons. The van der Waals surface area contributed by atoms with Gasteiger partial charge in [-0.2, -0.15) is 0 Å². The number of halogens is 1. The Bertz CT molecular complexity index is 205. The summed E-state index contributed by atoms with van der Waals surface area (Å²) in [5.41, 5.74) is 3.40. The molecule has 1 aromatic rings. The van der Waals surface area contributed by atoms with E-state index in [1.54, 1.807) is 0 Å². The normalized spacial score (nSPS) is 10.0. The zero-order chi connectivity index (χ0) is 7.72. The first-order chi connectivity index (χ1) is 4.61. The Kier molecular flexibility index (Phi) is 2.09. The molecule has 1 nitrogen and oxygen atoms in total. The summed E-state index contributed by atoms with van der Waals surface area (Å²) in [5.74, 6) is 0.